The van der Waals surface area contributed by atoms with Gasteiger partial charge in [-0.25, -0.2) is 0 Å². The Kier molecular flexibility index (Phi) is 13.8. The number of hydrogen-bond acceptors (Lipinski definition) is 4. The van der Waals surface area contributed by atoms with E-state index in [4.69, 9.17) is 0 Å². The summed E-state index contributed by atoms with van der Waals surface area (Å²) in [5.41, 5.74) is 5.44. The van der Waals surface area contributed by atoms with Gasteiger partial charge in [-0.15, -0.1) is 22.7 Å². The Hall–Kier alpha value is -2.73. The second-order valence-corrected chi connectivity index (χ2v) is 13.3. The van der Waals surface area contributed by atoms with Gasteiger partial charge in [-0.1, -0.05) is 93.8 Å². The van der Waals surface area contributed by atoms with Gasteiger partial charge in [0, 0.05) is 27.7 Å². The van der Waals surface area contributed by atoms with E-state index >= 15 is 0 Å². The van der Waals surface area contributed by atoms with Crippen molar-refractivity contribution in [1.29, 1.82) is 0 Å². The molecule has 5 heteroatoms. The van der Waals surface area contributed by atoms with Gasteiger partial charge in [-0.3, -0.25) is 9.69 Å². The van der Waals surface area contributed by atoms with E-state index < -0.39 is 5.97 Å². The van der Waals surface area contributed by atoms with Crippen LogP contribution >= 0.6 is 22.7 Å². The Morgan fingerprint density at radius 3 is 2.37 bits per heavy atom. The first kappa shape index (κ1) is 32.8. The summed E-state index contributed by atoms with van der Waals surface area (Å²) in [5.74, 6) is -0.116. The number of carbonyl (C=O) groups is 1. The highest BCUT2D eigenvalue weighted by Crippen LogP contribution is 2.32. The van der Waals surface area contributed by atoms with Gasteiger partial charge in [0.2, 0.25) is 0 Å². The number of aliphatic carboxylic acids is 1. The molecule has 2 aromatic heterocycles. The monoisotopic (exact) mass is 589 g/mol. The number of benzene rings is 2. The molecule has 0 saturated carbocycles. The highest BCUT2D eigenvalue weighted by molar-refractivity contribution is 7.21. The molecular formula is C36H47NO2S2. The minimum Gasteiger partial charge on any atom is -0.481 e. The fraction of sp³-hybridized carbons (Fsp3) is 0.417. The summed E-state index contributed by atoms with van der Waals surface area (Å²) in [5, 5.41) is 11.6. The van der Waals surface area contributed by atoms with E-state index in [1.807, 2.05) is 11.3 Å². The van der Waals surface area contributed by atoms with Crippen LogP contribution in [0.25, 0.3) is 9.75 Å². The lowest BCUT2D eigenvalue weighted by Crippen LogP contribution is -2.27. The molecule has 2 heterocycles. The number of thiophene rings is 2. The van der Waals surface area contributed by atoms with Gasteiger partial charge in [0.05, 0.1) is 5.92 Å². The average Bonchev–Trinajstić information content (AvgIpc) is 3.65. The fourth-order valence-corrected chi connectivity index (χ4v) is 6.83. The Balaban J connectivity index is 0.000000322. The molecule has 2 aromatic carbocycles. The SMILES string of the molecule is CCC(C)Cc1cccc(C)c1.CCCC(CCN(Cc1ccc(-c2cccs2)s1)Cc1ccccc1C)C(=O)O. The van der Waals surface area contributed by atoms with Crippen molar-refractivity contribution in [1.82, 2.24) is 4.90 Å². The number of carboxylic acid groups (broad SMARTS) is 1. The molecule has 4 aromatic rings. The van der Waals surface area contributed by atoms with Crippen molar-refractivity contribution in [2.24, 2.45) is 11.8 Å². The van der Waals surface area contributed by atoms with Crippen LogP contribution in [0.1, 0.15) is 73.6 Å². The summed E-state index contributed by atoms with van der Waals surface area (Å²) in [7, 11) is 0. The Morgan fingerprint density at radius 1 is 0.902 bits per heavy atom. The number of carboxylic acids is 1. The molecule has 41 heavy (non-hydrogen) atoms. The maximum absolute atomic E-state index is 11.6. The molecule has 220 valence electrons. The molecule has 1 N–H and O–H groups in total. The zero-order valence-corrected chi connectivity index (χ0v) is 27.1. The van der Waals surface area contributed by atoms with Gasteiger partial charge < -0.3 is 5.11 Å². The maximum atomic E-state index is 11.6. The van der Waals surface area contributed by atoms with Crippen molar-refractivity contribution in [3.8, 4) is 9.75 Å². The van der Waals surface area contributed by atoms with Crippen molar-refractivity contribution in [2.45, 2.75) is 79.8 Å². The van der Waals surface area contributed by atoms with Gasteiger partial charge in [0.25, 0.3) is 0 Å². The molecule has 2 unspecified atom stereocenters. The zero-order chi connectivity index (χ0) is 29.6. The molecule has 0 spiro atoms. The summed E-state index contributed by atoms with van der Waals surface area (Å²) in [6.07, 6.45) is 4.84. The minimum atomic E-state index is -0.668. The molecule has 0 bridgehead atoms. The van der Waals surface area contributed by atoms with Crippen LogP contribution in [0.5, 0.6) is 0 Å². The largest absolute Gasteiger partial charge is 0.481 e. The third kappa shape index (κ3) is 11.2. The van der Waals surface area contributed by atoms with Crippen LogP contribution in [0.15, 0.2) is 78.2 Å². The van der Waals surface area contributed by atoms with Gasteiger partial charge in [0.15, 0.2) is 0 Å². The number of rotatable bonds is 14. The Labute approximate surface area is 255 Å². The predicted octanol–water partition coefficient (Wildman–Crippen LogP) is 10.3. The van der Waals surface area contributed by atoms with E-state index in [0.29, 0.717) is 6.42 Å². The molecule has 0 aliphatic rings. The van der Waals surface area contributed by atoms with Crippen LogP contribution < -0.4 is 0 Å². The van der Waals surface area contributed by atoms with Crippen molar-refractivity contribution in [3.63, 3.8) is 0 Å². The first-order valence-corrected chi connectivity index (χ1v) is 16.7. The second-order valence-electron chi connectivity index (χ2n) is 11.2. The molecule has 2 atom stereocenters. The van der Waals surface area contributed by atoms with Crippen LogP contribution in [-0.2, 0) is 24.3 Å². The highest BCUT2D eigenvalue weighted by Gasteiger charge is 2.19. The number of nitrogens with zero attached hydrogens (tertiary/aromatic N) is 1. The summed E-state index contributed by atoms with van der Waals surface area (Å²) in [6.45, 7) is 13.4. The molecule has 0 aliphatic carbocycles. The van der Waals surface area contributed by atoms with Crippen molar-refractivity contribution in [2.75, 3.05) is 6.54 Å². The Morgan fingerprint density at radius 2 is 1.71 bits per heavy atom. The fourth-order valence-electron chi connectivity index (χ4n) is 4.94. The number of hydrogen-bond donors (Lipinski definition) is 1. The van der Waals surface area contributed by atoms with Crippen LogP contribution in [0.4, 0.5) is 0 Å². The maximum Gasteiger partial charge on any atom is 0.306 e. The number of aryl methyl sites for hydroxylation is 2. The van der Waals surface area contributed by atoms with Gasteiger partial charge in [-0.05, 0) is 85.8 Å². The van der Waals surface area contributed by atoms with Gasteiger partial charge in [0.1, 0.15) is 0 Å². The summed E-state index contributed by atoms with van der Waals surface area (Å²) >= 11 is 3.60. The summed E-state index contributed by atoms with van der Waals surface area (Å²) in [6, 6.07) is 25.9. The van der Waals surface area contributed by atoms with E-state index in [1.165, 1.54) is 49.7 Å². The lowest BCUT2D eigenvalue weighted by molar-refractivity contribution is -0.142. The molecule has 0 aliphatic heterocycles. The predicted molar refractivity (Wildman–Crippen MR) is 178 cm³/mol. The normalized spacial score (nSPS) is 12.5. The second kappa shape index (κ2) is 17.3. The quantitative estimate of drug-likeness (QED) is 0.159. The molecule has 0 saturated heterocycles. The van der Waals surface area contributed by atoms with Crippen molar-refractivity contribution >= 4 is 28.6 Å². The first-order valence-electron chi connectivity index (χ1n) is 15.0. The van der Waals surface area contributed by atoms with Gasteiger partial charge >= 0.3 is 5.97 Å². The molecule has 0 fully saturated rings. The lowest BCUT2D eigenvalue weighted by Gasteiger charge is -2.24. The summed E-state index contributed by atoms with van der Waals surface area (Å²) in [4.78, 5) is 17.9. The van der Waals surface area contributed by atoms with E-state index in [1.54, 1.807) is 11.3 Å². The first-order chi connectivity index (χ1) is 19.8. The van der Waals surface area contributed by atoms with Crippen LogP contribution in [-0.4, -0.2) is 22.5 Å². The molecule has 3 nitrogen and oxygen atoms in total. The zero-order valence-electron chi connectivity index (χ0n) is 25.4. The van der Waals surface area contributed by atoms with Crippen LogP contribution in [0, 0.1) is 25.7 Å². The van der Waals surface area contributed by atoms with E-state index in [9.17, 15) is 9.90 Å². The lowest BCUT2D eigenvalue weighted by atomic mass is 9.98. The van der Waals surface area contributed by atoms with Crippen LogP contribution in [0.3, 0.4) is 0 Å². The highest BCUT2D eigenvalue weighted by atomic mass is 32.1. The minimum absolute atomic E-state index is 0.260. The van der Waals surface area contributed by atoms with E-state index in [2.05, 4.69) is 118 Å². The van der Waals surface area contributed by atoms with Crippen LogP contribution in [0.2, 0.25) is 0 Å². The van der Waals surface area contributed by atoms with E-state index in [-0.39, 0.29) is 5.92 Å². The molecular weight excluding hydrogens is 543 g/mol. The molecule has 0 radical (unpaired) electrons. The average molecular weight is 590 g/mol. The third-order valence-corrected chi connectivity index (χ3v) is 9.74. The summed E-state index contributed by atoms with van der Waals surface area (Å²) < 4.78 is 0. The van der Waals surface area contributed by atoms with E-state index in [0.717, 1.165) is 38.4 Å². The Bertz CT molecular complexity index is 1310. The van der Waals surface area contributed by atoms with Crippen molar-refractivity contribution in [3.05, 3.63) is 105 Å². The molecule has 4 rings (SSSR count). The van der Waals surface area contributed by atoms with Crippen molar-refractivity contribution < 1.29 is 9.90 Å². The smallest absolute Gasteiger partial charge is 0.306 e. The standard InChI is InChI=1S/C24H29NO2S2.C12H18/c1-3-7-19(24(26)27)13-14-25(16-20-9-5-4-8-18(20)2)17-21-11-12-23(29-21)22-10-6-15-28-22;1-4-10(2)8-12-7-5-6-11(3)9-12/h4-6,8-12,15,19H,3,7,13-14,16-17H2,1-2H3,(H,26,27);5-7,9-10H,4,8H2,1-3H3. The van der Waals surface area contributed by atoms with Gasteiger partial charge in [-0.2, -0.15) is 0 Å². The topological polar surface area (TPSA) is 40.5 Å². The molecule has 0 amide bonds. The third-order valence-electron chi connectivity index (χ3n) is 7.60.